The molecule has 1 amide bonds. The largest absolute Gasteiger partial charge is 0.494 e. The zero-order chi connectivity index (χ0) is 18.2. The van der Waals surface area contributed by atoms with Gasteiger partial charge in [-0.2, -0.15) is 0 Å². The maximum atomic E-state index is 11.9. The van der Waals surface area contributed by atoms with Gasteiger partial charge in [-0.1, -0.05) is 30.3 Å². The molecule has 0 bridgehead atoms. The van der Waals surface area contributed by atoms with Crippen molar-refractivity contribution in [2.45, 2.75) is 32.7 Å². The number of ether oxygens (including phenoxy) is 1. The number of benzene rings is 2. The van der Waals surface area contributed by atoms with Gasteiger partial charge in [0.15, 0.2) is 0 Å². The molecule has 0 radical (unpaired) electrons. The molecule has 0 saturated heterocycles. The van der Waals surface area contributed by atoms with Crippen LogP contribution in [0, 0.1) is 6.92 Å². The van der Waals surface area contributed by atoms with Crippen molar-refractivity contribution in [3.8, 4) is 5.75 Å². The molecule has 0 atom stereocenters. The highest BCUT2D eigenvalue weighted by Crippen LogP contribution is 2.15. The van der Waals surface area contributed by atoms with Gasteiger partial charge in [-0.3, -0.25) is 4.79 Å². The van der Waals surface area contributed by atoms with Crippen LogP contribution in [-0.2, 0) is 11.3 Å². The van der Waals surface area contributed by atoms with E-state index in [-0.39, 0.29) is 5.91 Å². The number of hydrogen-bond donors (Lipinski definition) is 1. The van der Waals surface area contributed by atoms with Crippen LogP contribution in [0.4, 0.5) is 0 Å². The average Bonchev–Trinajstić information content (AvgIpc) is 2.98. The molecular formula is C21H25N3O2. The van der Waals surface area contributed by atoms with Gasteiger partial charge in [0.1, 0.15) is 11.6 Å². The van der Waals surface area contributed by atoms with E-state index in [4.69, 9.17) is 4.74 Å². The van der Waals surface area contributed by atoms with Crippen molar-refractivity contribution in [1.82, 2.24) is 14.9 Å². The first-order chi connectivity index (χ1) is 12.7. The van der Waals surface area contributed by atoms with Crippen LogP contribution in [0.3, 0.4) is 0 Å². The summed E-state index contributed by atoms with van der Waals surface area (Å²) in [6, 6.07) is 17.8. The number of nitrogens with one attached hydrogen (secondary N) is 1. The number of fused-ring (bicyclic) bond motifs is 1. The second-order valence-corrected chi connectivity index (χ2v) is 6.27. The van der Waals surface area contributed by atoms with E-state index in [0.717, 1.165) is 35.6 Å². The first kappa shape index (κ1) is 18.0. The Morgan fingerprint density at radius 3 is 2.69 bits per heavy atom. The Hall–Kier alpha value is -2.82. The molecule has 1 aromatic heterocycles. The smallest absolute Gasteiger partial charge is 0.220 e. The van der Waals surface area contributed by atoms with Crippen LogP contribution < -0.4 is 10.1 Å². The second-order valence-electron chi connectivity index (χ2n) is 6.27. The lowest BCUT2D eigenvalue weighted by atomic mass is 10.3. The van der Waals surface area contributed by atoms with Crippen molar-refractivity contribution in [2.75, 3.05) is 13.2 Å². The normalized spacial score (nSPS) is 10.8. The summed E-state index contributed by atoms with van der Waals surface area (Å²) in [5.74, 6) is 1.93. The molecule has 1 heterocycles. The predicted octanol–water partition coefficient (Wildman–Crippen LogP) is 3.71. The molecule has 1 N–H and O–H groups in total. The highest BCUT2D eigenvalue weighted by Gasteiger charge is 2.06. The first-order valence-electron chi connectivity index (χ1n) is 9.10. The lowest BCUT2D eigenvalue weighted by Gasteiger charge is -2.09. The predicted molar refractivity (Wildman–Crippen MR) is 103 cm³/mol. The fourth-order valence-corrected chi connectivity index (χ4v) is 2.97. The monoisotopic (exact) mass is 351 g/mol. The maximum absolute atomic E-state index is 11.9. The van der Waals surface area contributed by atoms with Crippen LogP contribution >= 0.6 is 0 Å². The van der Waals surface area contributed by atoms with Gasteiger partial charge >= 0.3 is 0 Å². The summed E-state index contributed by atoms with van der Waals surface area (Å²) in [5, 5.41) is 2.98. The molecule has 0 aliphatic rings. The molecule has 5 nitrogen and oxygen atoms in total. The topological polar surface area (TPSA) is 56.2 Å². The molecule has 0 fully saturated rings. The lowest BCUT2D eigenvalue weighted by Crippen LogP contribution is -2.25. The number of aryl methyl sites for hydroxylation is 2. The maximum Gasteiger partial charge on any atom is 0.220 e. The number of rotatable bonds is 9. The van der Waals surface area contributed by atoms with E-state index in [1.165, 1.54) is 0 Å². The number of imidazole rings is 1. The molecule has 5 heteroatoms. The summed E-state index contributed by atoms with van der Waals surface area (Å²) < 4.78 is 7.80. The second kappa shape index (κ2) is 9.04. The summed E-state index contributed by atoms with van der Waals surface area (Å²) in [4.78, 5) is 16.5. The Labute approximate surface area is 154 Å². The van der Waals surface area contributed by atoms with Crippen LogP contribution in [0.25, 0.3) is 11.0 Å². The molecule has 0 saturated carbocycles. The van der Waals surface area contributed by atoms with Gasteiger partial charge in [0, 0.05) is 19.5 Å². The number of amides is 1. The third-order valence-electron chi connectivity index (χ3n) is 4.29. The SMILES string of the molecule is Cc1nc2ccccc2n1CCCNC(=O)CCCOc1ccccc1. The Morgan fingerprint density at radius 2 is 1.85 bits per heavy atom. The number of aromatic nitrogens is 2. The zero-order valence-electron chi connectivity index (χ0n) is 15.1. The Morgan fingerprint density at radius 1 is 1.08 bits per heavy atom. The molecule has 0 aliphatic heterocycles. The minimum atomic E-state index is 0.0777. The highest BCUT2D eigenvalue weighted by molar-refractivity contribution is 5.76. The van der Waals surface area contributed by atoms with E-state index in [0.29, 0.717) is 26.0 Å². The number of carbonyl (C=O) groups excluding carboxylic acids is 1. The van der Waals surface area contributed by atoms with Crippen LogP contribution in [0.5, 0.6) is 5.75 Å². The van der Waals surface area contributed by atoms with Gasteiger partial charge in [-0.25, -0.2) is 4.98 Å². The van der Waals surface area contributed by atoms with Crippen molar-refractivity contribution in [3.63, 3.8) is 0 Å². The van der Waals surface area contributed by atoms with E-state index >= 15 is 0 Å². The summed E-state index contributed by atoms with van der Waals surface area (Å²) in [6.07, 6.45) is 2.08. The van der Waals surface area contributed by atoms with Crippen molar-refractivity contribution in [3.05, 3.63) is 60.4 Å². The van der Waals surface area contributed by atoms with E-state index in [9.17, 15) is 4.79 Å². The molecule has 0 spiro atoms. The van der Waals surface area contributed by atoms with Crippen LogP contribution in [0.1, 0.15) is 25.1 Å². The number of para-hydroxylation sites is 3. The minimum absolute atomic E-state index is 0.0777. The van der Waals surface area contributed by atoms with Crippen LogP contribution in [-0.4, -0.2) is 28.6 Å². The van der Waals surface area contributed by atoms with E-state index in [2.05, 4.69) is 20.9 Å². The summed E-state index contributed by atoms with van der Waals surface area (Å²) in [7, 11) is 0. The number of hydrogen-bond acceptors (Lipinski definition) is 3. The van der Waals surface area contributed by atoms with Crippen molar-refractivity contribution in [2.24, 2.45) is 0 Å². The molecule has 0 unspecified atom stereocenters. The zero-order valence-corrected chi connectivity index (χ0v) is 15.1. The van der Waals surface area contributed by atoms with Crippen molar-refractivity contribution >= 4 is 16.9 Å². The number of nitrogens with zero attached hydrogens (tertiary/aromatic N) is 2. The van der Waals surface area contributed by atoms with Crippen molar-refractivity contribution < 1.29 is 9.53 Å². The van der Waals surface area contributed by atoms with Crippen LogP contribution in [0.15, 0.2) is 54.6 Å². The Balaban J connectivity index is 1.33. The molecule has 136 valence electrons. The van der Waals surface area contributed by atoms with Gasteiger partial charge < -0.3 is 14.6 Å². The minimum Gasteiger partial charge on any atom is -0.494 e. The molecule has 2 aromatic carbocycles. The van der Waals surface area contributed by atoms with Gasteiger partial charge in [0.05, 0.1) is 17.6 Å². The standard InChI is InChI=1S/C21H25N3O2/c1-17-23-19-11-5-6-12-20(19)24(17)15-8-14-22-21(25)13-7-16-26-18-9-3-2-4-10-18/h2-6,9-12H,7-8,13-16H2,1H3,(H,22,25). The van der Waals surface area contributed by atoms with Gasteiger partial charge in [-0.05, 0) is 44.0 Å². The third-order valence-corrected chi connectivity index (χ3v) is 4.29. The molecule has 3 rings (SSSR count). The number of carbonyl (C=O) groups is 1. The van der Waals surface area contributed by atoms with Crippen molar-refractivity contribution in [1.29, 1.82) is 0 Å². The first-order valence-corrected chi connectivity index (χ1v) is 9.10. The summed E-state index contributed by atoms with van der Waals surface area (Å²) in [5.41, 5.74) is 2.17. The highest BCUT2D eigenvalue weighted by atomic mass is 16.5. The van der Waals surface area contributed by atoms with Gasteiger partial charge in [0.2, 0.25) is 5.91 Å². The Bertz CT molecular complexity index is 843. The van der Waals surface area contributed by atoms with Gasteiger partial charge in [-0.15, -0.1) is 0 Å². The fraction of sp³-hybridized carbons (Fsp3) is 0.333. The Kier molecular flexibility index (Phi) is 6.25. The van der Waals surface area contributed by atoms with E-state index < -0.39 is 0 Å². The summed E-state index contributed by atoms with van der Waals surface area (Å²) in [6.45, 7) is 4.09. The van der Waals surface area contributed by atoms with E-state index in [1.807, 2.05) is 55.5 Å². The molecule has 3 aromatic rings. The molecular weight excluding hydrogens is 326 g/mol. The molecule has 0 aliphatic carbocycles. The van der Waals surface area contributed by atoms with Gasteiger partial charge in [0.25, 0.3) is 0 Å². The third kappa shape index (κ3) is 4.85. The van der Waals surface area contributed by atoms with Crippen LogP contribution in [0.2, 0.25) is 0 Å². The summed E-state index contributed by atoms with van der Waals surface area (Å²) >= 11 is 0. The fourth-order valence-electron chi connectivity index (χ4n) is 2.97. The lowest BCUT2D eigenvalue weighted by molar-refractivity contribution is -0.121. The average molecular weight is 351 g/mol. The van der Waals surface area contributed by atoms with E-state index in [1.54, 1.807) is 0 Å². The molecule has 26 heavy (non-hydrogen) atoms. The quantitative estimate of drug-likeness (QED) is 0.598.